The fraction of sp³-hybridized carbons (Fsp3) is 0.609. The van der Waals surface area contributed by atoms with Gasteiger partial charge in [-0.25, -0.2) is 4.79 Å². The summed E-state index contributed by atoms with van der Waals surface area (Å²) < 4.78 is 11.4. The van der Waals surface area contributed by atoms with Crippen molar-refractivity contribution in [2.24, 2.45) is 5.73 Å². The van der Waals surface area contributed by atoms with E-state index in [0.29, 0.717) is 18.6 Å². The highest BCUT2D eigenvalue weighted by atomic mass is 16.6. The number of hydrogen-bond donors (Lipinski definition) is 3. The number of aliphatic carboxylic acids is 1. The maximum atomic E-state index is 12.2. The van der Waals surface area contributed by atoms with Crippen LogP contribution in [-0.4, -0.2) is 40.8 Å². The molecule has 0 saturated carbocycles. The minimum Gasteiger partial charge on any atom is -0.489 e. The molecule has 0 bridgehead atoms. The van der Waals surface area contributed by atoms with Gasteiger partial charge in [0.25, 0.3) is 0 Å². The fourth-order valence-electron chi connectivity index (χ4n) is 3.03. The Kier molecular flexibility index (Phi) is 10.9. The highest BCUT2D eigenvalue weighted by Gasteiger charge is 2.25. The maximum Gasteiger partial charge on any atom is 0.408 e. The molecule has 0 aliphatic carbocycles. The summed E-state index contributed by atoms with van der Waals surface area (Å²) in [6, 6.07) is 7.21. The lowest BCUT2D eigenvalue weighted by atomic mass is 10.0. The summed E-state index contributed by atoms with van der Waals surface area (Å²) in [6.45, 7) is 7.15. The minimum atomic E-state index is -0.768. The van der Waals surface area contributed by atoms with E-state index in [1.165, 1.54) is 0 Å². The van der Waals surface area contributed by atoms with Gasteiger partial charge < -0.3 is 25.6 Å². The molecule has 8 nitrogen and oxygen atoms in total. The van der Waals surface area contributed by atoms with Crippen LogP contribution in [0.4, 0.5) is 4.79 Å². The van der Waals surface area contributed by atoms with E-state index in [4.69, 9.17) is 20.3 Å². The van der Waals surface area contributed by atoms with Gasteiger partial charge in [-0.15, -0.1) is 0 Å². The van der Waals surface area contributed by atoms with Gasteiger partial charge in [-0.3, -0.25) is 9.59 Å². The van der Waals surface area contributed by atoms with E-state index < -0.39 is 35.7 Å². The standard InChI is InChI=1S/C23H36N2O6/c1-16(19(13-14-20(24)26)25-22(29)31-23(2,3)4)30-18-11-8-10-17(15-18)9-6-5-7-12-21(27)28/h8,10-11,15-16,19H,5-7,9,12-14H2,1-4H3,(H2,24,26)(H,25,29)(H,27,28)/t16-,19+/m1/s1. The SMILES string of the molecule is C[C@@H](Oc1cccc(CCCCCC(=O)O)c1)[C@H](CCC(N)=O)NC(=O)OC(C)(C)C. The van der Waals surface area contributed by atoms with Crippen molar-refractivity contribution in [1.82, 2.24) is 5.32 Å². The van der Waals surface area contributed by atoms with Crippen LogP contribution >= 0.6 is 0 Å². The van der Waals surface area contributed by atoms with E-state index >= 15 is 0 Å². The summed E-state index contributed by atoms with van der Waals surface area (Å²) >= 11 is 0. The number of nitrogens with one attached hydrogen (secondary N) is 1. The van der Waals surface area contributed by atoms with Gasteiger partial charge in [-0.05, 0) is 71.1 Å². The number of carboxylic acid groups (broad SMARTS) is 1. The summed E-state index contributed by atoms with van der Waals surface area (Å²) in [5.41, 5.74) is 5.73. The third kappa shape index (κ3) is 12.5. The van der Waals surface area contributed by atoms with E-state index in [1.807, 2.05) is 31.2 Å². The number of carbonyl (C=O) groups is 3. The molecule has 31 heavy (non-hydrogen) atoms. The first-order valence-corrected chi connectivity index (χ1v) is 10.7. The predicted octanol–water partition coefficient (Wildman–Crippen LogP) is 3.80. The van der Waals surface area contributed by atoms with Crippen LogP contribution in [0.25, 0.3) is 0 Å². The lowest BCUT2D eigenvalue weighted by Crippen LogP contribution is -2.46. The topological polar surface area (TPSA) is 128 Å². The molecule has 1 rings (SSSR count). The van der Waals surface area contributed by atoms with Gasteiger partial charge in [-0.1, -0.05) is 18.6 Å². The minimum absolute atomic E-state index is 0.116. The lowest BCUT2D eigenvalue weighted by molar-refractivity contribution is -0.137. The zero-order valence-corrected chi connectivity index (χ0v) is 19.0. The Morgan fingerprint density at radius 3 is 2.45 bits per heavy atom. The van der Waals surface area contributed by atoms with Crippen LogP contribution in [0.2, 0.25) is 0 Å². The molecule has 2 atom stereocenters. The average Bonchev–Trinajstić information content (AvgIpc) is 2.63. The molecule has 174 valence electrons. The number of nitrogens with two attached hydrogens (primary N) is 1. The summed E-state index contributed by atoms with van der Waals surface area (Å²) in [5, 5.41) is 11.5. The van der Waals surface area contributed by atoms with Crippen LogP contribution in [-0.2, 0) is 20.7 Å². The summed E-state index contributed by atoms with van der Waals surface area (Å²) in [6.07, 6.45) is 2.88. The lowest BCUT2D eigenvalue weighted by Gasteiger charge is -2.28. The highest BCUT2D eigenvalue weighted by Crippen LogP contribution is 2.19. The monoisotopic (exact) mass is 436 g/mol. The van der Waals surface area contributed by atoms with Crippen LogP contribution in [0.3, 0.4) is 0 Å². The number of benzene rings is 1. The number of carboxylic acids is 1. The summed E-state index contributed by atoms with van der Waals surface area (Å²) in [5.74, 6) is -0.561. The Bertz CT molecular complexity index is 729. The molecule has 0 unspecified atom stereocenters. The van der Waals surface area contributed by atoms with Crippen molar-refractivity contribution in [3.63, 3.8) is 0 Å². The quantitative estimate of drug-likeness (QED) is 0.404. The van der Waals surface area contributed by atoms with Crippen LogP contribution in [0.15, 0.2) is 24.3 Å². The second-order valence-corrected chi connectivity index (χ2v) is 8.68. The number of amides is 2. The van der Waals surface area contributed by atoms with Crippen molar-refractivity contribution in [1.29, 1.82) is 0 Å². The predicted molar refractivity (Wildman–Crippen MR) is 118 cm³/mol. The number of ether oxygens (including phenoxy) is 2. The number of primary amides is 1. The molecule has 0 fully saturated rings. The van der Waals surface area contributed by atoms with Crippen LogP contribution in [0, 0.1) is 0 Å². The number of carbonyl (C=O) groups excluding carboxylic acids is 2. The highest BCUT2D eigenvalue weighted by molar-refractivity contribution is 5.74. The van der Waals surface area contributed by atoms with Crippen molar-refractivity contribution in [3.05, 3.63) is 29.8 Å². The first kappa shape index (κ1) is 26.3. The van der Waals surface area contributed by atoms with E-state index in [-0.39, 0.29) is 12.8 Å². The number of hydrogen-bond acceptors (Lipinski definition) is 5. The molecule has 0 aliphatic heterocycles. The summed E-state index contributed by atoms with van der Waals surface area (Å²) in [4.78, 5) is 34.0. The Morgan fingerprint density at radius 2 is 1.84 bits per heavy atom. The molecule has 1 aromatic carbocycles. The maximum absolute atomic E-state index is 12.2. The van der Waals surface area contributed by atoms with Crippen molar-refractivity contribution in [3.8, 4) is 5.75 Å². The molecule has 2 amide bonds. The Hall–Kier alpha value is -2.77. The molecular formula is C23H36N2O6. The van der Waals surface area contributed by atoms with Crippen molar-refractivity contribution in [2.75, 3.05) is 0 Å². The van der Waals surface area contributed by atoms with Crippen molar-refractivity contribution < 1.29 is 29.0 Å². The van der Waals surface area contributed by atoms with E-state index in [2.05, 4.69) is 5.32 Å². The smallest absolute Gasteiger partial charge is 0.408 e. The zero-order valence-electron chi connectivity index (χ0n) is 19.0. The number of alkyl carbamates (subject to hydrolysis) is 1. The van der Waals surface area contributed by atoms with Crippen molar-refractivity contribution >= 4 is 18.0 Å². The molecule has 0 aromatic heterocycles. The first-order valence-electron chi connectivity index (χ1n) is 10.7. The number of unbranched alkanes of at least 4 members (excludes halogenated alkanes) is 2. The van der Waals surface area contributed by atoms with Gasteiger partial charge in [0.1, 0.15) is 17.5 Å². The van der Waals surface area contributed by atoms with Gasteiger partial charge >= 0.3 is 12.1 Å². The van der Waals surface area contributed by atoms with Gasteiger partial charge in [0.2, 0.25) is 5.91 Å². The van der Waals surface area contributed by atoms with Gasteiger partial charge in [0.15, 0.2) is 0 Å². The van der Waals surface area contributed by atoms with Gasteiger partial charge in [0.05, 0.1) is 6.04 Å². The van der Waals surface area contributed by atoms with E-state index in [0.717, 1.165) is 24.8 Å². The van der Waals surface area contributed by atoms with Crippen LogP contribution in [0.1, 0.15) is 71.8 Å². The third-order valence-electron chi connectivity index (χ3n) is 4.55. The van der Waals surface area contributed by atoms with E-state index in [9.17, 15) is 14.4 Å². The molecule has 8 heteroatoms. The second-order valence-electron chi connectivity index (χ2n) is 8.68. The Balaban J connectivity index is 2.69. The number of rotatable bonds is 13. The van der Waals surface area contributed by atoms with Gasteiger partial charge in [0, 0.05) is 12.8 Å². The van der Waals surface area contributed by atoms with Crippen molar-refractivity contribution in [2.45, 2.75) is 90.4 Å². The molecular weight excluding hydrogens is 400 g/mol. The molecule has 0 radical (unpaired) electrons. The molecule has 1 aromatic rings. The molecule has 0 heterocycles. The van der Waals surface area contributed by atoms with Crippen LogP contribution in [0.5, 0.6) is 5.75 Å². The first-order chi connectivity index (χ1) is 14.5. The molecule has 0 spiro atoms. The molecule has 0 aliphatic rings. The van der Waals surface area contributed by atoms with E-state index in [1.54, 1.807) is 20.8 Å². The second kappa shape index (κ2) is 12.8. The third-order valence-corrected chi connectivity index (χ3v) is 4.55. The van der Waals surface area contributed by atoms with Crippen LogP contribution < -0.4 is 15.8 Å². The zero-order chi connectivity index (χ0) is 23.4. The Morgan fingerprint density at radius 1 is 1.13 bits per heavy atom. The molecule has 4 N–H and O–H groups in total. The fourth-order valence-corrected chi connectivity index (χ4v) is 3.03. The molecule has 0 saturated heterocycles. The van der Waals surface area contributed by atoms with Gasteiger partial charge in [-0.2, -0.15) is 0 Å². The Labute approximate surface area is 184 Å². The number of aryl methyl sites for hydroxylation is 1. The largest absolute Gasteiger partial charge is 0.489 e. The summed E-state index contributed by atoms with van der Waals surface area (Å²) in [7, 11) is 0. The average molecular weight is 437 g/mol. The normalized spacial score (nSPS) is 13.2.